The van der Waals surface area contributed by atoms with Gasteiger partial charge in [-0.25, -0.2) is 4.68 Å². The van der Waals surface area contributed by atoms with Crippen LogP contribution in [-0.2, 0) is 4.74 Å². The second kappa shape index (κ2) is 5.00. The number of aromatic nitrogens is 3. The zero-order valence-electron chi connectivity index (χ0n) is 10.6. The number of nitro groups is 1. The number of nitro benzene ring substituents is 1. The van der Waals surface area contributed by atoms with E-state index in [2.05, 4.69) is 10.3 Å². The van der Waals surface area contributed by atoms with E-state index in [0.717, 1.165) is 4.68 Å². The average Bonchev–Trinajstić information content (AvgIpc) is 3.01. The SMILES string of the molecule is O=[N+]([O-])c1cccc2c1nnn2[C@@H]1O[C@@H](CO)[C@@H](O)[C@H]1O. The molecule has 2 heterocycles. The van der Waals surface area contributed by atoms with Crippen LogP contribution in [0.3, 0.4) is 0 Å². The van der Waals surface area contributed by atoms with Gasteiger partial charge in [-0.2, -0.15) is 0 Å². The number of nitrogens with zero attached hydrogens (tertiary/aromatic N) is 4. The fourth-order valence-corrected chi connectivity index (χ4v) is 2.37. The van der Waals surface area contributed by atoms with Crippen LogP contribution in [0.15, 0.2) is 18.2 Å². The van der Waals surface area contributed by atoms with Gasteiger partial charge in [0, 0.05) is 6.07 Å². The van der Waals surface area contributed by atoms with Crippen LogP contribution in [0.2, 0.25) is 0 Å². The van der Waals surface area contributed by atoms with Crippen molar-refractivity contribution in [1.29, 1.82) is 0 Å². The maximum absolute atomic E-state index is 10.9. The molecule has 2 aromatic rings. The van der Waals surface area contributed by atoms with E-state index in [1.165, 1.54) is 18.2 Å². The zero-order valence-corrected chi connectivity index (χ0v) is 10.6. The zero-order chi connectivity index (χ0) is 15.1. The fraction of sp³-hybridized carbons (Fsp3) is 0.455. The molecule has 0 amide bonds. The largest absolute Gasteiger partial charge is 0.394 e. The summed E-state index contributed by atoms with van der Waals surface area (Å²) in [6, 6.07) is 4.29. The summed E-state index contributed by atoms with van der Waals surface area (Å²) >= 11 is 0. The van der Waals surface area contributed by atoms with Gasteiger partial charge < -0.3 is 20.1 Å². The highest BCUT2D eigenvalue weighted by molar-refractivity contribution is 5.83. The van der Waals surface area contributed by atoms with Gasteiger partial charge in [0.2, 0.25) is 0 Å². The van der Waals surface area contributed by atoms with Gasteiger partial charge in [0.05, 0.1) is 17.0 Å². The summed E-state index contributed by atoms with van der Waals surface area (Å²) in [5.41, 5.74) is 0.129. The molecule has 1 aromatic carbocycles. The molecule has 0 saturated carbocycles. The van der Waals surface area contributed by atoms with Crippen LogP contribution in [0.5, 0.6) is 0 Å². The number of aliphatic hydroxyl groups is 3. The van der Waals surface area contributed by atoms with Gasteiger partial charge in [-0.1, -0.05) is 11.3 Å². The van der Waals surface area contributed by atoms with Crippen molar-refractivity contribution >= 4 is 16.7 Å². The third-order valence-corrected chi connectivity index (χ3v) is 3.44. The van der Waals surface area contributed by atoms with Gasteiger partial charge in [0.25, 0.3) is 5.69 Å². The second-order valence-corrected chi connectivity index (χ2v) is 4.66. The highest BCUT2D eigenvalue weighted by Crippen LogP contribution is 2.32. The smallest absolute Gasteiger partial charge is 0.299 e. The van der Waals surface area contributed by atoms with Crippen LogP contribution in [-0.4, -0.2) is 60.2 Å². The Hall–Kier alpha value is -2.14. The van der Waals surface area contributed by atoms with Crippen LogP contribution in [0.4, 0.5) is 5.69 Å². The lowest BCUT2D eigenvalue weighted by molar-refractivity contribution is -0.383. The highest BCUT2D eigenvalue weighted by Gasteiger charge is 2.44. The fourth-order valence-electron chi connectivity index (χ4n) is 2.37. The topological polar surface area (TPSA) is 144 Å². The molecule has 1 aliphatic rings. The lowest BCUT2D eigenvalue weighted by Gasteiger charge is -2.14. The molecule has 10 nitrogen and oxygen atoms in total. The average molecular weight is 296 g/mol. The Morgan fingerprint density at radius 1 is 1.38 bits per heavy atom. The number of benzene rings is 1. The Kier molecular flexibility index (Phi) is 3.29. The molecule has 0 bridgehead atoms. The molecule has 3 N–H and O–H groups in total. The third kappa shape index (κ3) is 2.05. The summed E-state index contributed by atoms with van der Waals surface area (Å²) in [6.07, 6.45) is -4.64. The number of rotatable bonds is 3. The molecule has 1 saturated heterocycles. The van der Waals surface area contributed by atoms with E-state index >= 15 is 0 Å². The molecule has 10 heteroatoms. The van der Waals surface area contributed by atoms with Crippen LogP contribution in [0.1, 0.15) is 6.23 Å². The maximum Gasteiger partial charge on any atom is 0.299 e. The van der Waals surface area contributed by atoms with Gasteiger partial charge in [-0.15, -0.1) is 5.10 Å². The Morgan fingerprint density at radius 3 is 2.76 bits per heavy atom. The lowest BCUT2D eigenvalue weighted by Crippen LogP contribution is -2.33. The van der Waals surface area contributed by atoms with E-state index in [0.29, 0.717) is 5.52 Å². The van der Waals surface area contributed by atoms with E-state index in [9.17, 15) is 20.3 Å². The maximum atomic E-state index is 10.9. The van der Waals surface area contributed by atoms with Crippen LogP contribution < -0.4 is 0 Å². The Labute approximate surface area is 117 Å². The Bertz CT molecular complexity index is 688. The quantitative estimate of drug-likeness (QED) is 0.481. The Morgan fingerprint density at radius 2 is 2.14 bits per heavy atom. The molecule has 3 rings (SSSR count). The third-order valence-electron chi connectivity index (χ3n) is 3.44. The molecule has 21 heavy (non-hydrogen) atoms. The minimum atomic E-state index is -1.33. The minimum absolute atomic E-state index is 0.0558. The second-order valence-electron chi connectivity index (χ2n) is 4.66. The summed E-state index contributed by atoms with van der Waals surface area (Å²) in [6.45, 7) is -0.471. The molecule has 0 spiro atoms. The van der Waals surface area contributed by atoms with E-state index in [4.69, 9.17) is 9.84 Å². The molecule has 0 aliphatic carbocycles. The molecule has 0 radical (unpaired) electrons. The van der Waals surface area contributed by atoms with E-state index in [1.54, 1.807) is 0 Å². The van der Waals surface area contributed by atoms with Crippen LogP contribution >= 0.6 is 0 Å². The Balaban J connectivity index is 2.06. The number of aliphatic hydroxyl groups excluding tert-OH is 3. The van der Waals surface area contributed by atoms with Gasteiger partial charge in [0.15, 0.2) is 11.7 Å². The minimum Gasteiger partial charge on any atom is -0.394 e. The normalized spacial score (nSPS) is 29.1. The van der Waals surface area contributed by atoms with Crippen molar-refractivity contribution in [3.05, 3.63) is 28.3 Å². The molecule has 1 fully saturated rings. The molecule has 1 aromatic heterocycles. The number of non-ortho nitro benzene ring substituents is 1. The van der Waals surface area contributed by atoms with Crippen molar-refractivity contribution in [2.24, 2.45) is 0 Å². The predicted molar refractivity (Wildman–Crippen MR) is 67.2 cm³/mol. The van der Waals surface area contributed by atoms with Crippen molar-refractivity contribution in [3.63, 3.8) is 0 Å². The monoisotopic (exact) mass is 296 g/mol. The number of fused-ring (bicyclic) bond motifs is 1. The van der Waals surface area contributed by atoms with E-state index < -0.39 is 36.1 Å². The van der Waals surface area contributed by atoms with Crippen LogP contribution in [0.25, 0.3) is 11.0 Å². The van der Waals surface area contributed by atoms with Gasteiger partial charge in [0.1, 0.15) is 18.3 Å². The molecule has 0 unspecified atom stereocenters. The van der Waals surface area contributed by atoms with Crippen LogP contribution in [0, 0.1) is 10.1 Å². The molecular weight excluding hydrogens is 284 g/mol. The number of hydrogen-bond acceptors (Lipinski definition) is 8. The van der Waals surface area contributed by atoms with E-state index in [-0.39, 0.29) is 11.2 Å². The van der Waals surface area contributed by atoms with Crippen molar-refractivity contribution in [2.45, 2.75) is 24.5 Å². The van der Waals surface area contributed by atoms with Gasteiger partial charge >= 0.3 is 0 Å². The first-order chi connectivity index (χ1) is 10.0. The molecule has 112 valence electrons. The summed E-state index contributed by atoms with van der Waals surface area (Å²) in [5.74, 6) is 0. The summed E-state index contributed by atoms with van der Waals surface area (Å²) in [5, 5.41) is 47.2. The summed E-state index contributed by atoms with van der Waals surface area (Å²) < 4.78 is 6.49. The predicted octanol–water partition coefficient (Wildman–Crippen LogP) is -1.05. The molecule has 1 aliphatic heterocycles. The summed E-state index contributed by atoms with van der Waals surface area (Å²) in [7, 11) is 0. The first-order valence-electron chi connectivity index (χ1n) is 6.15. The molecule has 4 atom stereocenters. The summed E-state index contributed by atoms with van der Waals surface area (Å²) in [4.78, 5) is 10.4. The van der Waals surface area contributed by atoms with E-state index in [1.807, 2.05) is 0 Å². The van der Waals surface area contributed by atoms with Crippen molar-refractivity contribution in [2.75, 3.05) is 6.61 Å². The first-order valence-corrected chi connectivity index (χ1v) is 6.15. The van der Waals surface area contributed by atoms with Gasteiger partial charge in [-0.3, -0.25) is 10.1 Å². The standard InChI is InChI=1S/C11H12N4O6/c16-4-7-9(17)10(18)11(21-7)14-5-2-1-3-6(15(19)20)8(5)12-13-14/h1-3,7,9-11,16-18H,4H2/t7-,9+,10+,11+/m0/s1. The number of ether oxygens (including phenoxy) is 1. The van der Waals surface area contributed by atoms with Crippen molar-refractivity contribution < 1.29 is 25.0 Å². The van der Waals surface area contributed by atoms with Crippen molar-refractivity contribution in [3.8, 4) is 0 Å². The number of hydrogen-bond donors (Lipinski definition) is 3. The van der Waals surface area contributed by atoms with Crippen molar-refractivity contribution in [1.82, 2.24) is 15.0 Å². The highest BCUT2D eigenvalue weighted by atomic mass is 16.6. The molecular formula is C11H12N4O6. The first kappa shape index (κ1) is 13.8. The lowest BCUT2D eigenvalue weighted by atomic mass is 10.1. The van der Waals surface area contributed by atoms with Gasteiger partial charge in [-0.05, 0) is 6.07 Å².